The Balaban J connectivity index is 1.47. The van der Waals surface area contributed by atoms with Gasteiger partial charge in [-0.25, -0.2) is 9.37 Å². The summed E-state index contributed by atoms with van der Waals surface area (Å²) in [5, 5.41) is 0.514. The van der Waals surface area contributed by atoms with Gasteiger partial charge in [0.1, 0.15) is 11.6 Å². The molecule has 3 aromatic rings. The van der Waals surface area contributed by atoms with Crippen LogP contribution in [0, 0.1) is 5.82 Å². The van der Waals surface area contributed by atoms with Crippen LogP contribution in [0.15, 0.2) is 53.3 Å². The van der Waals surface area contributed by atoms with E-state index in [1.165, 1.54) is 24.0 Å². The highest BCUT2D eigenvalue weighted by molar-refractivity contribution is 5.83. The van der Waals surface area contributed by atoms with Gasteiger partial charge >= 0.3 is 5.97 Å². The first-order valence-electron chi connectivity index (χ1n) is 10.0. The summed E-state index contributed by atoms with van der Waals surface area (Å²) in [6.45, 7) is 1.71. The van der Waals surface area contributed by atoms with Crippen LogP contribution < -0.4 is 5.56 Å². The number of fused-ring (bicyclic) bond motifs is 1. The third-order valence-electron chi connectivity index (χ3n) is 4.80. The molecule has 1 amide bonds. The molecule has 0 fully saturated rings. The summed E-state index contributed by atoms with van der Waals surface area (Å²) in [5.74, 6) is -0.767. The number of nitrogens with one attached hydrogen (secondary N) is 1. The minimum atomic E-state index is -0.954. The Morgan fingerprint density at radius 1 is 1.19 bits per heavy atom. The van der Waals surface area contributed by atoms with E-state index in [9.17, 15) is 18.8 Å². The van der Waals surface area contributed by atoms with E-state index in [1.807, 2.05) is 0 Å². The van der Waals surface area contributed by atoms with Crippen LogP contribution in [0.1, 0.15) is 31.2 Å². The Labute approximate surface area is 178 Å². The Morgan fingerprint density at radius 3 is 2.74 bits per heavy atom. The molecule has 2 aromatic carbocycles. The number of esters is 1. The predicted octanol–water partition coefficient (Wildman–Crippen LogP) is 2.98. The average Bonchev–Trinajstić information content (AvgIpc) is 2.73. The zero-order valence-corrected chi connectivity index (χ0v) is 17.4. The van der Waals surface area contributed by atoms with Crippen LogP contribution in [0.25, 0.3) is 10.9 Å². The van der Waals surface area contributed by atoms with E-state index in [1.54, 1.807) is 43.4 Å². The quantitative estimate of drug-likeness (QED) is 0.560. The summed E-state index contributed by atoms with van der Waals surface area (Å²) in [7, 11) is 1.57. The summed E-state index contributed by atoms with van der Waals surface area (Å²) in [6, 6.07) is 13.0. The van der Waals surface area contributed by atoms with Crippen molar-refractivity contribution in [2.24, 2.45) is 0 Å². The maximum atomic E-state index is 13.3. The van der Waals surface area contributed by atoms with Gasteiger partial charge < -0.3 is 14.6 Å². The molecule has 1 heterocycles. The third-order valence-corrected chi connectivity index (χ3v) is 4.80. The number of ether oxygens (including phenoxy) is 1. The second-order valence-corrected chi connectivity index (χ2v) is 7.34. The first-order valence-corrected chi connectivity index (χ1v) is 10.0. The summed E-state index contributed by atoms with van der Waals surface area (Å²) in [5.41, 5.74) is 1.03. The largest absolute Gasteiger partial charge is 0.453 e. The molecule has 162 valence electrons. The van der Waals surface area contributed by atoms with Gasteiger partial charge in [0, 0.05) is 26.4 Å². The van der Waals surface area contributed by atoms with Gasteiger partial charge in [-0.15, -0.1) is 0 Å². The fourth-order valence-corrected chi connectivity index (χ4v) is 3.26. The molecule has 0 saturated carbocycles. The lowest BCUT2D eigenvalue weighted by atomic mass is 10.2. The third kappa shape index (κ3) is 5.97. The smallest absolute Gasteiger partial charge is 0.306 e. The van der Waals surface area contributed by atoms with Gasteiger partial charge in [-0.3, -0.25) is 14.4 Å². The number of aromatic nitrogens is 2. The molecular formula is C23H24FN3O4. The SMILES string of the molecule is CC(OC(=O)CCCc1nc2ccccc2c(=O)[nH]1)C(=O)N(C)Cc1cccc(F)c1. The summed E-state index contributed by atoms with van der Waals surface area (Å²) in [4.78, 5) is 45.1. The number of hydrogen-bond acceptors (Lipinski definition) is 5. The maximum absolute atomic E-state index is 13.3. The Hall–Kier alpha value is -3.55. The van der Waals surface area contributed by atoms with Crippen molar-refractivity contribution in [3.05, 3.63) is 76.1 Å². The lowest BCUT2D eigenvalue weighted by Crippen LogP contribution is -2.37. The van der Waals surface area contributed by atoms with Gasteiger partial charge in [-0.05, 0) is 43.2 Å². The van der Waals surface area contributed by atoms with E-state index in [4.69, 9.17) is 4.74 Å². The average molecular weight is 425 g/mol. The lowest BCUT2D eigenvalue weighted by Gasteiger charge is -2.21. The van der Waals surface area contributed by atoms with Crippen LogP contribution >= 0.6 is 0 Å². The van der Waals surface area contributed by atoms with Crippen molar-refractivity contribution < 1.29 is 18.7 Å². The second kappa shape index (κ2) is 9.97. The van der Waals surface area contributed by atoms with Crippen LogP contribution in [0.5, 0.6) is 0 Å². The van der Waals surface area contributed by atoms with Gasteiger partial charge in [0.25, 0.3) is 11.5 Å². The highest BCUT2D eigenvalue weighted by Gasteiger charge is 2.21. The molecule has 1 N–H and O–H groups in total. The van der Waals surface area contributed by atoms with Gasteiger partial charge in [0.2, 0.25) is 0 Å². The number of rotatable bonds is 8. The van der Waals surface area contributed by atoms with Crippen molar-refractivity contribution >= 4 is 22.8 Å². The lowest BCUT2D eigenvalue weighted by molar-refractivity contribution is -0.158. The minimum Gasteiger partial charge on any atom is -0.453 e. The number of para-hydroxylation sites is 1. The van der Waals surface area contributed by atoms with Crippen molar-refractivity contribution in [2.75, 3.05) is 7.05 Å². The molecule has 31 heavy (non-hydrogen) atoms. The number of carbonyl (C=O) groups excluding carboxylic acids is 2. The number of hydrogen-bond donors (Lipinski definition) is 1. The van der Waals surface area contributed by atoms with Crippen LogP contribution in [-0.2, 0) is 27.3 Å². The number of aromatic amines is 1. The van der Waals surface area contributed by atoms with Gasteiger partial charge in [0.05, 0.1) is 10.9 Å². The van der Waals surface area contributed by atoms with E-state index in [0.29, 0.717) is 35.1 Å². The molecule has 0 bridgehead atoms. The van der Waals surface area contributed by atoms with Crippen molar-refractivity contribution in [3.63, 3.8) is 0 Å². The van der Waals surface area contributed by atoms with Gasteiger partial charge in [-0.1, -0.05) is 24.3 Å². The molecule has 0 aliphatic rings. The summed E-state index contributed by atoms with van der Waals surface area (Å²) < 4.78 is 18.5. The van der Waals surface area contributed by atoms with Crippen LogP contribution in [0.2, 0.25) is 0 Å². The summed E-state index contributed by atoms with van der Waals surface area (Å²) >= 11 is 0. The van der Waals surface area contributed by atoms with E-state index >= 15 is 0 Å². The number of amides is 1. The van der Waals surface area contributed by atoms with E-state index < -0.39 is 12.1 Å². The molecule has 8 heteroatoms. The second-order valence-electron chi connectivity index (χ2n) is 7.34. The molecule has 3 rings (SSSR count). The monoisotopic (exact) mass is 425 g/mol. The molecular weight excluding hydrogens is 401 g/mol. The molecule has 1 unspecified atom stereocenters. The zero-order chi connectivity index (χ0) is 22.4. The number of aryl methyl sites for hydroxylation is 1. The van der Waals surface area contributed by atoms with Crippen LogP contribution in [0.4, 0.5) is 4.39 Å². The molecule has 1 atom stereocenters. The number of nitrogens with zero attached hydrogens (tertiary/aromatic N) is 2. The predicted molar refractivity (Wildman–Crippen MR) is 114 cm³/mol. The molecule has 1 aromatic heterocycles. The summed E-state index contributed by atoms with van der Waals surface area (Å²) in [6.07, 6.45) is -0.0523. The molecule has 7 nitrogen and oxygen atoms in total. The molecule has 0 aliphatic heterocycles. The maximum Gasteiger partial charge on any atom is 0.306 e. The standard InChI is InChI=1S/C23H24FN3O4/c1-15(23(30)27(2)14-16-7-5-8-17(24)13-16)31-21(28)12-6-11-20-25-19-10-4-3-9-18(19)22(29)26-20/h3-5,7-10,13,15H,6,11-12,14H2,1-2H3,(H,25,26,29). The topological polar surface area (TPSA) is 92.4 Å². The number of halogens is 1. The Morgan fingerprint density at radius 2 is 1.97 bits per heavy atom. The highest BCUT2D eigenvalue weighted by Crippen LogP contribution is 2.10. The number of carbonyl (C=O) groups is 2. The highest BCUT2D eigenvalue weighted by atomic mass is 19.1. The van der Waals surface area contributed by atoms with Crippen LogP contribution in [-0.4, -0.2) is 39.9 Å². The fourth-order valence-electron chi connectivity index (χ4n) is 3.26. The molecule has 0 aliphatic carbocycles. The van der Waals surface area contributed by atoms with E-state index in [-0.39, 0.29) is 30.2 Å². The molecule has 0 spiro atoms. The van der Waals surface area contributed by atoms with Gasteiger partial charge in [0.15, 0.2) is 6.10 Å². The number of likely N-dealkylation sites (N-methyl/N-ethyl adjacent to an activating group) is 1. The van der Waals surface area contributed by atoms with Crippen molar-refractivity contribution in [3.8, 4) is 0 Å². The minimum absolute atomic E-state index is 0.0851. The van der Waals surface area contributed by atoms with Gasteiger partial charge in [-0.2, -0.15) is 0 Å². The fraction of sp³-hybridized carbons (Fsp3) is 0.304. The van der Waals surface area contributed by atoms with E-state index in [2.05, 4.69) is 9.97 Å². The Kier molecular flexibility index (Phi) is 7.12. The number of benzene rings is 2. The van der Waals surface area contributed by atoms with E-state index in [0.717, 1.165) is 0 Å². The van der Waals surface area contributed by atoms with Crippen LogP contribution in [0.3, 0.4) is 0 Å². The van der Waals surface area contributed by atoms with Crippen molar-refractivity contribution in [2.45, 2.75) is 38.8 Å². The molecule has 0 saturated heterocycles. The first kappa shape index (κ1) is 22.1. The zero-order valence-electron chi connectivity index (χ0n) is 17.4. The first-order chi connectivity index (χ1) is 14.8. The normalized spacial score (nSPS) is 11.8. The Bertz CT molecular complexity index is 1140. The number of H-pyrrole nitrogens is 1. The van der Waals surface area contributed by atoms with Crippen molar-refractivity contribution in [1.82, 2.24) is 14.9 Å². The van der Waals surface area contributed by atoms with Crippen molar-refractivity contribution in [1.29, 1.82) is 0 Å². The molecule has 0 radical (unpaired) electrons.